The SMILES string of the molecule is COCCCc1nc(C(C)C)n[nH]1. The third kappa shape index (κ3) is 3.14. The molecule has 0 aliphatic heterocycles. The zero-order chi connectivity index (χ0) is 9.68. The van der Waals surface area contributed by atoms with E-state index < -0.39 is 0 Å². The Morgan fingerprint density at radius 3 is 2.77 bits per heavy atom. The van der Waals surface area contributed by atoms with Crippen molar-refractivity contribution >= 4 is 0 Å². The van der Waals surface area contributed by atoms with E-state index in [-0.39, 0.29) is 0 Å². The lowest BCUT2D eigenvalue weighted by Crippen LogP contribution is -1.95. The van der Waals surface area contributed by atoms with Crippen LogP contribution in [0.4, 0.5) is 0 Å². The van der Waals surface area contributed by atoms with E-state index >= 15 is 0 Å². The quantitative estimate of drug-likeness (QED) is 0.704. The molecule has 1 aromatic heterocycles. The molecule has 0 aliphatic carbocycles. The highest BCUT2D eigenvalue weighted by Gasteiger charge is 2.05. The standard InChI is InChI=1S/C9H17N3O/c1-7(2)9-10-8(11-12-9)5-4-6-13-3/h7H,4-6H2,1-3H3,(H,10,11,12). The molecule has 1 rings (SSSR count). The number of rotatable bonds is 5. The average molecular weight is 183 g/mol. The predicted octanol–water partition coefficient (Wildman–Crippen LogP) is 1.51. The van der Waals surface area contributed by atoms with Crippen molar-refractivity contribution in [2.75, 3.05) is 13.7 Å². The van der Waals surface area contributed by atoms with Crippen molar-refractivity contribution in [3.8, 4) is 0 Å². The first kappa shape index (κ1) is 10.2. The van der Waals surface area contributed by atoms with E-state index in [1.165, 1.54) is 0 Å². The van der Waals surface area contributed by atoms with Crippen LogP contribution in [-0.2, 0) is 11.2 Å². The molecular weight excluding hydrogens is 166 g/mol. The summed E-state index contributed by atoms with van der Waals surface area (Å²) in [6.07, 6.45) is 1.90. The van der Waals surface area contributed by atoms with Crippen LogP contribution in [0.1, 0.15) is 37.8 Å². The lowest BCUT2D eigenvalue weighted by Gasteiger charge is -1.95. The number of nitrogens with zero attached hydrogens (tertiary/aromatic N) is 2. The van der Waals surface area contributed by atoms with Gasteiger partial charge in [-0.05, 0) is 6.42 Å². The fourth-order valence-electron chi connectivity index (χ4n) is 1.06. The number of aromatic amines is 1. The summed E-state index contributed by atoms with van der Waals surface area (Å²) < 4.78 is 4.96. The molecule has 0 radical (unpaired) electrons. The monoisotopic (exact) mass is 183 g/mol. The van der Waals surface area contributed by atoms with Gasteiger partial charge in [0.05, 0.1) is 0 Å². The van der Waals surface area contributed by atoms with Gasteiger partial charge in [0.2, 0.25) is 0 Å². The first-order valence-electron chi connectivity index (χ1n) is 4.64. The molecule has 1 heterocycles. The van der Waals surface area contributed by atoms with Gasteiger partial charge in [-0.1, -0.05) is 13.8 Å². The van der Waals surface area contributed by atoms with Crippen LogP contribution in [0.25, 0.3) is 0 Å². The van der Waals surface area contributed by atoms with Gasteiger partial charge in [0, 0.05) is 26.1 Å². The van der Waals surface area contributed by atoms with Crippen molar-refractivity contribution in [1.29, 1.82) is 0 Å². The Balaban J connectivity index is 2.40. The lowest BCUT2D eigenvalue weighted by atomic mass is 10.2. The Bertz CT molecular complexity index is 245. The summed E-state index contributed by atoms with van der Waals surface area (Å²) in [6, 6.07) is 0. The predicted molar refractivity (Wildman–Crippen MR) is 50.7 cm³/mol. The van der Waals surface area contributed by atoms with E-state index in [2.05, 4.69) is 29.0 Å². The molecule has 0 aromatic carbocycles. The fraction of sp³-hybridized carbons (Fsp3) is 0.778. The number of nitrogens with one attached hydrogen (secondary N) is 1. The Kier molecular flexibility index (Phi) is 3.89. The minimum atomic E-state index is 0.396. The summed E-state index contributed by atoms with van der Waals surface area (Å²) in [6.45, 7) is 4.95. The second-order valence-electron chi connectivity index (χ2n) is 3.39. The molecule has 0 aliphatic rings. The molecule has 0 saturated heterocycles. The van der Waals surface area contributed by atoms with Gasteiger partial charge in [-0.15, -0.1) is 0 Å². The number of aryl methyl sites for hydroxylation is 1. The fourth-order valence-corrected chi connectivity index (χ4v) is 1.06. The third-order valence-electron chi connectivity index (χ3n) is 1.83. The molecule has 4 nitrogen and oxygen atoms in total. The van der Waals surface area contributed by atoms with E-state index in [4.69, 9.17) is 4.74 Å². The molecule has 0 saturated carbocycles. The van der Waals surface area contributed by atoms with Gasteiger partial charge in [0.25, 0.3) is 0 Å². The van der Waals surface area contributed by atoms with Crippen LogP contribution < -0.4 is 0 Å². The number of hydrogen-bond donors (Lipinski definition) is 1. The molecule has 74 valence electrons. The minimum Gasteiger partial charge on any atom is -0.385 e. The summed E-state index contributed by atoms with van der Waals surface area (Å²) in [5.74, 6) is 2.25. The van der Waals surface area contributed by atoms with Crippen LogP contribution in [0.2, 0.25) is 0 Å². The van der Waals surface area contributed by atoms with Crippen LogP contribution in [0, 0.1) is 0 Å². The Hall–Kier alpha value is -0.900. The van der Waals surface area contributed by atoms with Gasteiger partial charge in [0.15, 0.2) is 5.82 Å². The van der Waals surface area contributed by atoms with Crippen molar-refractivity contribution in [2.45, 2.75) is 32.6 Å². The van der Waals surface area contributed by atoms with E-state index in [1.54, 1.807) is 7.11 Å². The molecule has 13 heavy (non-hydrogen) atoms. The largest absolute Gasteiger partial charge is 0.385 e. The smallest absolute Gasteiger partial charge is 0.153 e. The zero-order valence-electron chi connectivity index (χ0n) is 8.50. The van der Waals surface area contributed by atoms with Crippen LogP contribution in [0.5, 0.6) is 0 Å². The van der Waals surface area contributed by atoms with Crippen molar-refractivity contribution in [3.63, 3.8) is 0 Å². The number of hydrogen-bond acceptors (Lipinski definition) is 3. The third-order valence-corrected chi connectivity index (χ3v) is 1.83. The molecule has 1 N–H and O–H groups in total. The highest BCUT2D eigenvalue weighted by molar-refractivity contribution is 4.94. The minimum absolute atomic E-state index is 0.396. The van der Waals surface area contributed by atoms with Gasteiger partial charge in [0.1, 0.15) is 5.82 Å². The van der Waals surface area contributed by atoms with Gasteiger partial charge >= 0.3 is 0 Å². The molecule has 1 aromatic rings. The summed E-state index contributed by atoms with van der Waals surface area (Å²) >= 11 is 0. The second kappa shape index (κ2) is 4.97. The van der Waals surface area contributed by atoms with Crippen LogP contribution in [0.15, 0.2) is 0 Å². The Morgan fingerprint density at radius 2 is 2.23 bits per heavy atom. The molecule has 0 fully saturated rings. The van der Waals surface area contributed by atoms with E-state index in [0.29, 0.717) is 5.92 Å². The van der Waals surface area contributed by atoms with Crippen molar-refractivity contribution in [2.24, 2.45) is 0 Å². The molecule has 0 spiro atoms. The number of aromatic nitrogens is 3. The maximum absolute atomic E-state index is 4.96. The van der Waals surface area contributed by atoms with E-state index in [9.17, 15) is 0 Å². The number of ether oxygens (including phenoxy) is 1. The molecule has 0 unspecified atom stereocenters. The summed E-state index contributed by atoms with van der Waals surface area (Å²) in [4.78, 5) is 4.36. The number of methoxy groups -OCH3 is 1. The highest BCUT2D eigenvalue weighted by atomic mass is 16.5. The van der Waals surface area contributed by atoms with Crippen LogP contribution in [0.3, 0.4) is 0 Å². The average Bonchev–Trinajstić information content (AvgIpc) is 2.53. The Morgan fingerprint density at radius 1 is 1.46 bits per heavy atom. The van der Waals surface area contributed by atoms with Crippen LogP contribution in [-0.4, -0.2) is 28.9 Å². The van der Waals surface area contributed by atoms with E-state index in [1.807, 2.05) is 0 Å². The van der Waals surface area contributed by atoms with Gasteiger partial charge < -0.3 is 4.74 Å². The Labute approximate surface area is 78.7 Å². The first-order valence-corrected chi connectivity index (χ1v) is 4.64. The normalized spacial score (nSPS) is 11.1. The van der Waals surface area contributed by atoms with Gasteiger partial charge in [-0.2, -0.15) is 5.10 Å². The highest BCUT2D eigenvalue weighted by Crippen LogP contribution is 2.08. The number of H-pyrrole nitrogens is 1. The second-order valence-corrected chi connectivity index (χ2v) is 3.39. The van der Waals surface area contributed by atoms with Crippen molar-refractivity contribution < 1.29 is 4.74 Å². The molecule has 4 heteroatoms. The van der Waals surface area contributed by atoms with Crippen LogP contribution >= 0.6 is 0 Å². The van der Waals surface area contributed by atoms with Gasteiger partial charge in [-0.3, -0.25) is 5.10 Å². The van der Waals surface area contributed by atoms with Gasteiger partial charge in [-0.25, -0.2) is 4.98 Å². The first-order chi connectivity index (χ1) is 6.24. The summed E-state index contributed by atoms with van der Waals surface area (Å²) in [5, 5.41) is 7.05. The maximum atomic E-state index is 4.96. The van der Waals surface area contributed by atoms with Crippen molar-refractivity contribution in [3.05, 3.63) is 11.6 Å². The lowest BCUT2D eigenvalue weighted by molar-refractivity contribution is 0.194. The summed E-state index contributed by atoms with van der Waals surface area (Å²) in [7, 11) is 1.71. The zero-order valence-corrected chi connectivity index (χ0v) is 8.50. The molecule has 0 atom stereocenters. The van der Waals surface area contributed by atoms with Crippen molar-refractivity contribution in [1.82, 2.24) is 15.2 Å². The molecule has 0 amide bonds. The van der Waals surface area contributed by atoms with E-state index in [0.717, 1.165) is 31.1 Å². The topological polar surface area (TPSA) is 50.8 Å². The maximum Gasteiger partial charge on any atom is 0.153 e. The summed E-state index contributed by atoms with van der Waals surface area (Å²) in [5.41, 5.74) is 0. The molecular formula is C9H17N3O. The molecule has 0 bridgehead atoms.